The summed E-state index contributed by atoms with van der Waals surface area (Å²) in [4.78, 5) is 22.6. The van der Waals surface area contributed by atoms with E-state index in [0.29, 0.717) is 12.3 Å². The lowest BCUT2D eigenvalue weighted by Crippen LogP contribution is -2.20. The van der Waals surface area contributed by atoms with E-state index in [2.05, 4.69) is 0 Å². The number of carbonyl (C=O) groups is 2. The van der Waals surface area contributed by atoms with Crippen LogP contribution in [0.2, 0.25) is 0 Å². The lowest BCUT2D eigenvalue weighted by Gasteiger charge is -2.15. The number of hydrogen-bond donors (Lipinski definition) is 0. The van der Waals surface area contributed by atoms with Gasteiger partial charge in [0.2, 0.25) is 0 Å². The molecular weight excluding hydrogens is 228 g/mol. The monoisotopic (exact) mass is 248 g/mol. The molecule has 0 aromatic rings. The van der Waals surface area contributed by atoms with Crippen molar-refractivity contribution in [3.05, 3.63) is 0 Å². The molecule has 0 bridgehead atoms. The molecule has 0 aliphatic rings. The van der Waals surface area contributed by atoms with Crippen molar-refractivity contribution < 1.29 is 14.3 Å². The third-order valence-corrected chi connectivity index (χ3v) is 2.94. The van der Waals surface area contributed by atoms with Crippen molar-refractivity contribution >= 4 is 23.4 Å². The second kappa shape index (κ2) is 8.57. The smallest absolute Gasteiger partial charge is 0.308 e. The molecule has 0 aliphatic heterocycles. The fourth-order valence-electron chi connectivity index (χ4n) is 1.40. The van der Waals surface area contributed by atoms with Gasteiger partial charge in [-0.3, -0.25) is 9.59 Å². The van der Waals surface area contributed by atoms with E-state index in [1.165, 1.54) is 0 Å². The van der Waals surface area contributed by atoms with E-state index in [4.69, 9.17) is 16.3 Å². The van der Waals surface area contributed by atoms with Gasteiger partial charge in [0.1, 0.15) is 12.4 Å². The van der Waals surface area contributed by atoms with Crippen LogP contribution >= 0.6 is 11.6 Å². The summed E-state index contributed by atoms with van der Waals surface area (Å²) < 4.78 is 4.98. The standard InChI is InChI=1S/C12H21ClO3/c1-4-11(12(15)16-8-7-13)6-5-9(2)10(3)14/h9,11H,4-8H2,1-3H3. The summed E-state index contributed by atoms with van der Waals surface area (Å²) >= 11 is 5.44. The van der Waals surface area contributed by atoms with Crippen LogP contribution in [0.15, 0.2) is 0 Å². The number of Topliss-reactive ketones (excluding diaryl/α,β-unsaturated/α-hetero) is 1. The van der Waals surface area contributed by atoms with Gasteiger partial charge in [0.25, 0.3) is 0 Å². The molecule has 94 valence electrons. The topological polar surface area (TPSA) is 43.4 Å². The fourth-order valence-corrected chi connectivity index (χ4v) is 1.48. The zero-order valence-corrected chi connectivity index (χ0v) is 11.0. The molecule has 0 fully saturated rings. The lowest BCUT2D eigenvalue weighted by atomic mass is 9.93. The number of esters is 1. The molecule has 0 amide bonds. The summed E-state index contributed by atoms with van der Waals surface area (Å²) in [6, 6.07) is 0. The quantitative estimate of drug-likeness (QED) is 0.490. The molecule has 0 aromatic heterocycles. The van der Waals surface area contributed by atoms with E-state index >= 15 is 0 Å². The molecule has 0 saturated heterocycles. The van der Waals surface area contributed by atoms with Crippen molar-refractivity contribution in [2.45, 2.75) is 40.0 Å². The summed E-state index contributed by atoms with van der Waals surface area (Å²) in [5, 5.41) is 0. The lowest BCUT2D eigenvalue weighted by molar-refractivity contribution is -0.148. The first-order valence-electron chi connectivity index (χ1n) is 5.75. The van der Waals surface area contributed by atoms with Gasteiger partial charge >= 0.3 is 5.97 Å². The minimum absolute atomic E-state index is 0.0230. The van der Waals surface area contributed by atoms with Crippen LogP contribution in [0.5, 0.6) is 0 Å². The number of carbonyl (C=O) groups excluding carboxylic acids is 2. The third kappa shape index (κ3) is 6.11. The molecular formula is C12H21ClO3. The first-order valence-corrected chi connectivity index (χ1v) is 6.29. The first-order chi connectivity index (χ1) is 7.52. The Morgan fingerprint density at radius 1 is 1.31 bits per heavy atom. The van der Waals surface area contributed by atoms with Crippen molar-refractivity contribution in [2.24, 2.45) is 11.8 Å². The maximum atomic E-state index is 11.5. The van der Waals surface area contributed by atoms with E-state index in [9.17, 15) is 9.59 Å². The van der Waals surface area contributed by atoms with Crippen molar-refractivity contribution in [3.63, 3.8) is 0 Å². The summed E-state index contributed by atoms with van der Waals surface area (Å²) in [7, 11) is 0. The Balaban J connectivity index is 3.99. The number of ether oxygens (including phenoxy) is 1. The Bertz CT molecular complexity index is 228. The Kier molecular flexibility index (Phi) is 8.26. The van der Waals surface area contributed by atoms with Crippen LogP contribution in [-0.2, 0) is 14.3 Å². The molecule has 0 spiro atoms. The first kappa shape index (κ1) is 15.4. The molecule has 4 heteroatoms. The van der Waals surface area contributed by atoms with E-state index in [1.54, 1.807) is 6.92 Å². The zero-order chi connectivity index (χ0) is 12.6. The molecule has 16 heavy (non-hydrogen) atoms. The molecule has 0 heterocycles. The average Bonchev–Trinajstić information content (AvgIpc) is 2.26. The van der Waals surface area contributed by atoms with Gasteiger partial charge in [-0.1, -0.05) is 13.8 Å². The molecule has 0 saturated carbocycles. The predicted octanol–water partition coefficient (Wildman–Crippen LogP) is 2.80. The second-order valence-electron chi connectivity index (χ2n) is 4.05. The molecule has 2 atom stereocenters. The molecule has 0 radical (unpaired) electrons. The van der Waals surface area contributed by atoms with Crippen molar-refractivity contribution in [3.8, 4) is 0 Å². The predicted molar refractivity (Wildman–Crippen MR) is 64.5 cm³/mol. The van der Waals surface area contributed by atoms with Gasteiger partial charge in [-0.05, 0) is 26.2 Å². The Morgan fingerprint density at radius 3 is 2.38 bits per heavy atom. The molecule has 2 unspecified atom stereocenters. The Labute approximate surface area is 102 Å². The normalized spacial score (nSPS) is 14.2. The fraction of sp³-hybridized carbons (Fsp3) is 0.833. The largest absolute Gasteiger partial charge is 0.464 e. The van der Waals surface area contributed by atoms with Gasteiger partial charge in [0, 0.05) is 5.92 Å². The maximum absolute atomic E-state index is 11.5. The highest BCUT2D eigenvalue weighted by Gasteiger charge is 2.19. The molecule has 3 nitrogen and oxygen atoms in total. The number of ketones is 1. The van der Waals surface area contributed by atoms with Gasteiger partial charge in [0.15, 0.2) is 0 Å². The van der Waals surface area contributed by atoms with Crippen molar-refractivity contribution in [1.29, 1.82) is 0 Å². The second-order valence-corrected chi connectivity index (χ2v) is 4.43. The van der Waals surface area contributed by atoms with Crippen LogP contribution < -0.4 is 0 Å². The van der Waals surface area contributed by atoms with E-state index < -0.39 is 0 Å². The molecule has 0 aliphatic carbocycles. The molecule has 0 aromatic carbocycles. The van der Waals surface area contributed by atoms with Crippen molar-refractivity contribution in [2.75, 3.05) is 12.5 Å². The maximum Gasteiger partial charge on any atom is 0.308 e. The Morgan fingerprint density at radius 2 is 1.94 bits per heavy atom. The van der Waals surface area contributed by atoms with Crippen LogP contribution in [0.3, 0.4) is 0 Å². The SMILES string of the molecule is CCC(CCC(C)C(C)=O)C(=O)OCCCl. The Hall–Kier alpha value is -0.570. The highest BCUT2D eigenvalue weighted by molar-refractivity contribution is 6.18. The number of hydrogen-bond acceptors (Lipinski definition) is 3. The summed E-state index contributed by atoms with van der Waals surface area (Å²) in [5.41, 5.74) is 0. The van der Waals surface area contributed by atoms with Gasteiger partial charge in [-0.15, -0.1) is 11.6 Å². The third-order valence-electron chi connectivity index (χ3n) is 2.79. The van der Waals surface area contributed by atoms with Crippen LogP contribution in [0.1, 0.15) is 40.0 Å². The average molecular weight is 249 g/mol. The minimum atomic E-state index is -0.195. The number of halogens is 1. The number of alkyl halides is 1. The number of rotatable bonds is 8. The van der Waals surface area contributed by atoms with Gasteiger partial charge < -0.3 is 4.74 Å². The van der Waals surface area contributed by atoms with Crippen LogP contribution in [0.4, 0.5) is 0 Å². The molecule has 0 N–H and O–H groups in total. The van der Waals surface area contributed by atoms with Crippen LogP contribution in [0.25, 0.3) is 0 Å². The highest BCUT2D eigenvalue weighted by Crippen LogP contribution is 2.17. The molecule has 0 rings (SSSR count). The minimum Gasteiger partial charge on any atom is -0.464 e. The van der Waals surface area contributed by atoms with E-state index in [-0.39, 0.29) is 30.2 Å². The van der Waals surface area contributed by atoms with Crippen molar-refractivity contribution in [1.82, 2.24) is 0 Å². The zero-order valence-electron chi connectivity index (χ0n) is 10.3. The van der Waals surface area contributed by atoms with E-state index in [0.717, 1.165) is 12.8 Å². The van der Waals surface area contributed by atoms with Crippen LogP contribution in [0, 0.1) is 11.8 Å². The van der Waals surface area contributed by atoms with Gasteiger partial charge in [-0.2, -0.15) is 0 Å². The van der Waals surface area contributed by atoms with Gasteiger partial charge in [-0.25, -0.2) is 0 Å². The van der Waals surface area contributed by atoms with E-state index in [1.807, 2.05) is 13.8 Å². The summed E-state index contributed by atoms with van der Waals surface area (Å²) in [6.45, 7) is 5.68. The highest BCUT2D eigenvalue weighted by atomic mass is 35.5. The van der Waals surface area contributed by atoms with Crippen LogP contribution in [-0.4, -0.2) is 24.2 Å². The summed E-state index contributed by atoms with van der Waals surface area (Å²) in [6.07, 6.45) is 2.19. The van der Waals surface area contributed by atoms with Gasteiger partial charge in [0.05, 0.1) is 11.8 Å². The summed E-state index contributed by atoms with van der Waals surface area (Å²) in [5.74, 6) is 0.217.